The van der Waals surface area contributed by atoms with Gasteiger partial charge in [-0.1, -0.05) is 75.8 Å². The molecule has 1 aliphatic rings. The normalized spacial score (nSPS) is 17.3. The number of carbonyl (C=O) groups is 1. The Morgan fingerprint density at radius 1 is 0.837 bits per heavy atom. The number of aromatic nitrogens is 1. The van der Waals surface area contributed by atoms with Gasteiger partial charge in [-0.15, -0.1) is 0 Å². The molecule has 5 nitrogen and oxygen atoms in total. The first-order chi connectivity index (χ1) is 21.0. The molecule has 3 aromatic carbocycles. The highest BCUT2D eigenvalue weighted by atomic mass is 16.5. The van der Waals surface area contributed by atoms with E-state index in [1.54, 1.807) is 0 Å². The van der Waals surface area contributed by atoms with Crippen LogP contribution in [0.15, 0.2) is 91.0 Å². The highest BCUT2D eigenvalue weighted by Crippen LogP contribution is 2.33. The van der Waals surface area contributed by atoms with E-state index in [1.807, 2.05) is 54.6 Å². The summed E-state index contributed by atoms with van der Waals surface area (Å²) in [6.45, 7) is 5.19. The standard InChI is InChI=1S/C38H45NO4/c1-3-4-6-9-29-13-15-31(16-14-29)27-42-34-23-19-33(20-24-34)39-28(2)12-25-36(39)32-17-21-35(22-18-32)43-37(38(40)41)26-30-10-7-5-8-11-30/h5,7-8,10-12,17-25,29,31,37H,3-4,6,9,13-16,26-27H2,1-2H3,(H,40,41)/t29?,31?,37-/m1/s1. The second kappa shape index (κ2) is 15.0. The summed E-state index contributed by atoms with van der Waals surface area (Å²) in [6, 6.07) is 29.8. The lowest BCUT2D eigenvalue weighted by atomic mass is 9.80. The lowest BCUT2D eigenvalue weighted by Gasteiger charge is -2.28. The van der Waals surface area contributed by atoms with Gasteiger partial charge in [0.1, 0.15) is 11.5 Å². The van der Waals surface area contributed by atoms with Crippen molar-refractivity contribution in [3.63, 3.8) is 0 Å². The lowest BCUT2D eigenvalue weighted by molar-refractivity contribution is -0.145. The summed E-state index contributed by atoms with van der Waals surface area (Å²) >= 11 is 0. The third-order valence-electron chi connectivity index (χ3n) is 8.81. The molecule has 1 aliphatic carbocycles. The maximum atomic E-state index is 11.9. The first kappa shape index (κ1) is 30.5. The number of benzene rings is 3. The minimum Gasteiger partial charge on any atom is -0.493 e. The van der Waals surface area contributed by atoms with Crippen LogP contribution in [-0.2, 0) is 11.2 Å². The van der Waals surface area contributed by atoms with E-state index in [0.717, 1.165) is 46.5 Å². The van der Waals surface area contributed by atoms with Gasteiger partial charge in [-0.05, 0) is 103 Å². The van der Waals surface area contributed by atoms with Crippen molar-refractivity contribution in [2.24, 2.45) is 11.8 Å². The molecular formula is C38H45NO4. The Labute approximate surface area is 256 Å². The molecule has 0 bridgehead atoms. The number of ether oxygens (including phenoxy) is 2. The van der Waals surface area contributed by atoms with Gasteiger partial charge in [0.15, 0.2) is 6.10 Å². The third kappa shape index (κ3) is 8.31. The smallest absolute Gasteiger partial charge is 0.345 e. The fraction of sp³-hybridized carbons (Fsp3) is 0.395. The zero-order valence-corrected chi connectivity index (χ0v) is 25.6. The number of aryl methyl sites for hydroxylation is 1. The molecule has 0 amide bonds. The van der Waals surface area contributed by atoms with Crippen LogP contribution in [0, 0.1) is 18.8 Å². The summed E-state index contributed by atoms with van der Waals surface area (Å²) < 4.78 is 14.3. The van der Waals surface area contributed by atoms with Crippen LogP contribution in [0.4, 0.5) is 0 Å². The second-order valence-electron chi connectivity index (χ2n) is 12.0. The first-order valence-electron chi connectivity index (χ1n) is 16.0. The van der Waals surface area contributed by atoms with Crippen molar-refractivity contribution in [3.8, 4) is 28.4 Å². The molecule has 226 valence electrons. The van der Waals surface area contributed by atoms with Crippen molar-refractivity contribution in [1.29, 1.82) is 0 Å². The van der Waals surface area contributed by atoms with Gasteiger partial charge in [0.2, 0.25) is 0 Å². The Morgan fingerprint density at radius 3 is 2.19 bits per heavy atom. The van der Waals surface area contributed by atoms with Gasteiger partial charge >= 0.3 is 5.97 Å². The van der Waals surface area contributed by atoms with Crippen molar-refractivity contribution in [3.05, 3.63) is 102 Å². The van der Waals surface area contributed by atoms with Crippen molar-refractivity contribution in [2.45, 2.75) is 77.7 Å². The molecule has 1 N–H and O–H groups in total. The van der Waals surface area contributed by atoms with Crippen LogP contribution >= 0.6 is 0 Å². The number of aliphatic carboxylic acids is 1. The maximum Gasteiger partial charge on any atom is 0.345 e. The number of hydrogen-bond donors (Lipinski definition) is 1. The van der Waals surface area contributed by atoms with E-state index in [1.165, 1.54) is 51.4 Å². The van der Waals surface area contributed by atoms with Crippen LogP contribution in [0.5, 0.6) is 11.5 Å². The Bertz CT molecular complexity index is 1420. The van der Waals surface area contributed by atoms with Crippen molar-refractivity contribution >= 4 is 5.97 Å². The quantitative estimate of drug-likeness (QED) is 0.151. The highest BCUT2D eigenvalue weighted by Gasteiger charge is 2.22. The summed E-state index contributed by atoms with van der Waals surface area (Å²) in [4.78, 5) is 11.9. The van der Waals surface area contributed by atoms with Crippen molar-refractivity contribution < 1.29 is 19.4 Å². The SMILES string of the molecule is CCCCCC1CCC(COc2ccc(-n3c(C)ccc3-c3ccc(O[C@H](Cc4ccccc4)C(=O)O)cc3)cc2)CC1. The van der Waals surface area contributed by atoms with E-state index in [-0.39, 0.29) is 0 Å². The molecule has 4 aromatic rings. The van der Waals surface area contributed by atoms with Crippen molar-refractivity contribution in [2.75, 3.05) is 6.61 Å². The molecule has 1 saturated carbocycles. The van der Waals surface area contributed by atoms with Crippen LogP contribution < -0.4 is 9.47 Å². The van der Waals surface area contributed by atoms with Crippen LogP contribution in [0.3, 0.4) is 0 Å². The fourth-order valence-electron chi connectivity index (χ4n) is 6.26. The lowest BCUT2D eigenvalue weighted by Crippen LogP contribution is -2.29. The molecular weight excluding hydrogens is 534 g/mol. The van der Waals surface area contributed by atoms with Crippen molar-refractivity contribution in [1.82, 2.24) is 4.57 Å². The van der Waals surface area contributed by atoms with E-state index in [4.69, 9.17) is 9.47 Å². The van der Waals surface area contributed by atoms with Gasteiger partial charge in [-0.25, -0.2) is 4.79 Å². The van der Waals surface area contributed by atoms with Crippen LogP contribution in [0.2, 0.25) is 0 Å². The summed E-state index contributed by atoms with van der Waals surface area (Å²) in [5.74, 6) is 2.07. The molecule has 0 spiro atoms. The number of rotatable bonds is 14. The number of hydrogen-bond acceptors (Lipinski definition) is 3. The zero-order chi connectivity index (χ0) is 30.0. The van der Waals surface area contributed by atoms with Gasteiger partial charge in [-0.3, -0.25) is 0 Å². The molecule has 1 atom stereocenters. The molecule has 1 heterocycles. The van der Waals surface area contributed by atoms with E-state index < -0.39 is 12.1 Å². The average Bonchev–Trinajstić information content (AvgIpc) is 3.42. The van der Waals surface area contributed by atoms with Gasteiger partial charge in [-0.2, -0.15) is 0 Å². The monoisotopic (exact) mass is 579 g/mol. The molecule has 0 saturated heterocycles. The minimum absolute atomic E-state index is 0.305. The topological polar surface area (TPSA) is 60.7 Å². The highest BCUT2D eigenvalue weighted by molar-refractivity contribution is 5.73. The Balaban J connectivity index is 1.19. The summed E-state index contributed by atoms with van der Waals surface area (Å²) in [7, 11) is 0. The molecule has 5 heteroatoms. The van der Waals surface area contributed by atoms with Gasteiger partial charge < -0.3 is 19.1 Å². The van der Waals surface area contributed by atoms with Gasteiger partial charge in [0.05, 0.1) is 12.3 Å². The Hall–Kier alpha value is -3.99. The van der Waals surface area contributed by atoms with E-state index >= 15 is 0 Å². The molecule has 0 unspecified atom stereocenters. The number of nitrogens with zero attached hydrogens (tertiary/aromatic N) is 1. The fourth-order valence-corrected chi connectivity index (χ4v) is 6.26. The predicted molar refractivity (Wildman–Crippen MR) is 173 cm³/mol. The predicted octanol–water partition coefficient (Wildman–Crippen LogP) is 9.29. The molecule has 0 aliphatic heterocycles. The largest absolute Gasteiger partial charge is 0.493 e. The summed E-state index contributed by atoms with van der Waals surface area (Å²) in [5.41, 5.74) is 5.23. The second-order valence-corrected chi connectivity index (χ2v) is 12.0. The Kier molecular flexibility index (Phi) is 10.6. The summed E-state index contributed by atoms with van der Waals surface area (Å²) in [6.07, 6.45) is 10.1. The van der Waals surface area contributed by atoms with E-state index in [2.05, 4.69) is 54.8 Å². The molecule has 43 heavy (non-hydrogen) atoms. The molecule has 0 radical (unpaired) electrons. The first-order valence-corrected chi connectivity index (χ1v) is 16.0. The maximum absolute atomic E-state index is 11.9. The Morgan fingerprint density at radius 2 is 1.51 bits per heavy atom. The average molecular weight is 580 g/mol. The zero-order valence-electron chi connectivity index (χ0n) is 25.6. The van der Waals surface area contributed by atoms with Crippen LogP contribution in [0.1, 0.15) is 69.5 Å². The summed E-state index contributed by atoms with van der Waals surface area (Å²) in [5, 5.41) is 9.72. The van der Waals surface area contributed by atoms with Crippen LogP contribution in [0.25, 0.3) is 16.9 Å². The number of unbranched alkanes of at least 4 members (excludes halogenated alkanes) is 2. The van der Waals surface area contributed by atoms with Crippen LogP contribution in [-0.4, -0.2) is 28.4 Å². The van der Waals surface area contributed by atoms with E-state index in [0.29, 0.717) is 18.1 Å². The minimum atomic E-state index is -0.977. The van der Waals surface area contributed by atoms with Gasteiger partial charge in [0, 0.05) is 17.8 Å². The number of carboxylic acid groups (broad SMARTS) is 1. The molecule has 1 aromatic heterocycles. The molecule has 5 rings (SSSR count). The van der Waals surface area contributed by atoms with Gasteiger partial charge in [0.25, 0.3) is 0 Å². The van der Waals surface area contributed by atoms with E-state index in [9.17, 15) is 9.90 Å². The molecule has 1 fully saturated rings. The number of carboxylic acids is 1. The third-order valence-corrected chi connectivity index (χ3v) is 8.81.